The van der Waals surface area contributed by atoms with Crippen LogP contribution in [0.1, 0.15) is 36.0 Å². The molecule has 0 radical (unpaired) electrons. The van der Waals surface area contributed by atoms with E-state index in [0.717, 1.165) is 46.8 Å². The Kier molecular flexibility index (Phi) is 5.88. The maximum absolute atomic E-state index is 5.84. The summed E-state index contributed by atoms with van der Waals surface area (Å²) in [6.45, 7) is 8.50. The zero-order chi connectivity index (χ0) is 15.2. The van der Waals surface area contributed by atoms with E-state index in [1.54, 1.807) is 0 Å². The highest BCUT2D eigenvalue weighted by Gasteiger charge is 2.08. The molecule has 1 N–H and O–H groups in total. The lowest BCUT2D eigenvalue weighted by atomic mass is 10.2. The SMILES string of the molecule is CCCNCc1oc(COc2ccc(Br)c(C)c2)cc1C. The molecular formula is C17H22BrNO2. The Labute approximate surface area is 134 Å². The zero-order valence-electron chi connectivity index (χ0n) is 12.8. The number of rotatable bonds is 7. The Hall–Kier alpha value is -1.26. The van der Waals surface area contributed by atoms with E-state index in [1.165, 1.54) is 5.56 Å². The normalized spacial score (nSPS) is 10.9. The maximum Gasteiger partial charge on any atom is 0.146 e. The highest BCUT2D eigenvalue weighted by Crippen LogP contribution is 2.23. The smallest absolute Gasteiger partial charge is 0.146 e. The molecule has 0 unspecified atom stereocenters. The highest BCUT2D eigenvalue weighted by molar-refractivity contribution is 9.10. The molecule has 21 heavy (non-hydrogen) atoms. The molecule has 0 fully saturated rings. The van der Waals surface area contributed by atoms with Crippen molar-refractivity contribution < 1.29 is 9.15 Å². The third-order valence-corrected chi connectivity index (χ3v) is 4.18. The number of ether oxygens (including phenoxy) is 1. The summed E-state index contributed by atoms with van der Waals surface area (Å²) in [5.41, 5.74) is 2.33. The molecule has 1 heterocycles. The molecule has 1 aromatic heterocycles. The first-order valence-corrected chi connectivity index (χ1v) is 8.07. The molecule has 0 aliphatic rings. The van der Waals surface area contributed by atoms with Crippen molar-refractivity contribution in [1.82, 2.24) is 5.32 Å². The minimum atomic E-state index is 0.454. The first-order valence-electron chi connectivity index (χ1n) is 7.28. The molecule has 1 aromatic carbocycles. The van der Waals surface area contributed by atoms with Gasteiger partial charge in [-0.2, -0.15) is 0 Å². The summed E-state index contributed by atoms with van der Waals surface area (Å²) in [6.07, 6.45) is 1.12. The molecule has 2 aromatic rings. The molecule has 114 valence electrons. The van der Waals surface area contributed by atoms with Crippen LogP contribution in [0.2, 0.25) is 0 Å². The van der Waals surface area contributed by atoms with Crippen LogP contribution in [0.15, 0.2) is 33.2 Å². The Bertz CT molecular complexity index is 592. The minimum Gasteiger partial charge on any atom is -0.486 e. The predicted molar refractivity (Wildman–Crippen MR) is 88.7 cm³/mol. The number of furan rings is 1. The fourth-order valence-corrected chi connectivity index (χ4v) is 2.32. The lowest BCUT2D eigenvalue weighted by molar-refractivity contribution is 0.265. The summed E-state index contributed by atoms with van der Waals surface area (Å²) < 4.78 is 12.7. The van der Waals surface area contributed by atoms with Crippen molar-refractivity contribution >= 4 is 15.9 Å². The Morgan fingerprint density at radius 1 is 1.19 bits per heavy atom. The van der Waals surface area contributed by atoms with Gasteiger partial charge in [-0.15, -0.1) is 0 Å². The van der Waals surface area contributed by atoms with Crippen LogP contribution >= 0.6 is 15.9 Å². The topological polar surface area (TPSA) is 34.4 Å². The summed E-state index contributed by atoms with van der Waals surface area (Å²) in [4.78, 5) is 0. The van der Waals surface area contributed by atoms with Crippen LogP contribution < -0.4 is 10.1 Å². The van der Waals surface area contributed by atoms with Gasteiger partial charge in [0.2, 0.25) is 0 Å². The summed E-state index contributed by atoms with van der Waals surface area (Å²) in [7, 11) is 0. The molecule has 0 aliphatic heterocycles. The van der Waals surface area contributed by atoms with E-state index in [4.69, 9.17) is 9.15 Å². The highest BCUT2D eigenvalue weighted by atomic mass is 79.9. The summed E-state index contributed by atoms with van der Waals surface area (Å²) in [5, 5.41) is 3.35. The largest absolute Gasteiger partial charge is 0.486 e. The second-order valence-electron chi connectivity index (χ2n) is 5.20. The molecule has 0 saturated heterocycles. The lowest BCUT2D eigenvalue weighted by Crippen LogP contribution is -2.13. The van der Waals surface area contributed by atoms with E-state index < -0.39 is 0 Å². The molecule has 0 amide bonds. The quantitative estimate of drug-likeness (QED) is 0.731. The van der Waals surface area contributed by atoms with Crippen LogP contribution in [0.5, 0.6) is 5.75 Å². The fraction of sp³-hybridized carbons (Fsp3) is 0.412. The number of aryl methyl sites for hydroxylation is 2. The Morgan fingerprint density at radius 3 is 2.71 bits per heavy atom. The van der Waals surface area contributed by atoms with E-state index in [2.05, 4.69) is 41.2 Å². The predicted octanol–water partition coefficient (Wildman–Crippen LogP) is 4.74. The molecule has 0 aliphatic carbocycles. The van der Waals surface area contributed by atoms with Gasteiger partial charge in [0.1, 0.15) is 23.9 Å². The monoisotopic (exact) mass is 351 g/mol. The average molecular weight is 352 g/mol. The molecule has 4 heteroatoms. The maximum atomic E-state index is 5.84. The third kappa shape index (κ3) is 4.61. The van der Waals surface area contributed by atoms with Gasteiger partial charge in [-0.05, 0) is 62.2 Å². The Balaban J connectivity index is 1.93. The van der Waals surface area contributed by atoms with Gasteiger partial charge in [0.05, 0.1) is 6.54 Å². The van der Waals surface area contributed by atoms with Crippen LogP contribution in [-0.4, -0.2) is 6.54 Å². The molecule has 0 saturated carbocycles. The van der Waals surface area contributed by atoms with Crippen molar-refractivity contribution in [2.75, 3.05) is 6.54 Å². The number of nitrogens with one attached hydrogen (secondary N) is 1. The number of hydrogen-bond acceptors (Lipinski definition) is 3. The van der Waals surface area contributed by atoms with Crippen LogP contribution in [-0.2, 0) is 13.2 Å². The summed E-state index contributed by atoms with van der Waals surface area (Å²) in [6, 6.07) is 8.02. The van der Waals surface area contributed by atoms with Gasteiger partial charge in [0, 0.05) is 4.47 Å². The fourth-order valence-electron chi connectivity index (χ4n) is 2.08. The number of halogens is 1. The molecule has 0 bridgehead atoms. The minimum absolute atomic E-state index is 0.454. The van der Waals surface area contributed by atoms with Gasteiger partial charge in [0.25, 0.3) is 0 Å². The molecular weight excluding hydrogens is 330 g/mol. The van der Waals surface area contributed by atoms with Crippen molar-refractivity contribution in [2.24, 2.45) is 0 Å². The second kappa shape index (κ2) is 7.66. The lowest BCUT2D eigenvalue weighted by Gasteiger charge is -2.06. The van der Waals surface area contributed by atoms with Crippen molar-refractivity contribution in [3.8, 4) is 5.75 Å². The van der Waals surface area contributed by atoms with Gasteiger partial charge in [-0.1, -0.05) is 22.9 Å². The second-order valence-corrected chi connectivity index (χ2v) is 6.05. The number of benzene rings is 1. The summed E-state index contributed by atoms with van der Waals surface area (Å²) >= 11 is 3.49. The van der Waals surface area contributed by atoms with Crippen LogP contribution in [0.3, 0.4) is 0 Å². The van der Waals surface area contributed by atoms with E-state index in [9.17, 15) is 0 Å². The van der Waals surface area contributed by atoms with Gasteiger partial charge >= 0.3 is 0 Å². The van der Waals surface area contributed by atoms with E-state index in [-0.39, 0.29) is 0 Å². The van der Waals surface area contributed by atoms with Crippen molar-refractivity contribution in [3.63, 3.8) is 0 Å². The molecule has 2 rings (SSSR count). The van der Waals surface area contributed by atoms with Crippen molar-refractivity contribution in [2.45, 2.75) is 40.3 Å². The Morgan fingerprint density at radius 2 is 2.00 bits per heavy atom. The van der Waals surface area contributed by atoms with Crippen LogP contribution in [0.4, 0.5) is 0 Å². The molecule has 3 nitrogen and oxygen atoms in total. The standard InChI is InChI=1S/C17H22BrNO2/c1-4-7-19-10-17-13(3)9-15(21-17)11-20-14-5-6-16(18)12(2)8-14/h5-6,8-9,19H,4,7,10-11H2,1-3H3. The molecule has 0 spiro atoms. The first kappa shape index (κ1) is 16.1. The van der Waals surface area contributed by atoms with Crippen molar-refractivity contribution in [1.29, 1.82) is 0 Å². The van der Waals surface area contributed by atoms with Gasteiger partial charge < -0.3 is 14.5 Å². The third-order valence-electron chi connectivity index (χ3n) is 3.29. The van der Waals surface area contributed by atoms with Crippen LogP contribution in [0.25, 0.3) is 0 Å². The van der Waals surface area contributed by atoms with E-state index >= 15 is 0 Å². The average Bonchev–Trinajstić information content (AvgIpc) is 2.81. The van der Waals surface area contributed by atoms with E-state index in [1.807, 2.05) is 25.1 Å². The van der Waals surface area contributed by atoms with Crippen molar-refractivity contribution in [3.05, 3.63) is 51.4 Å². The van der Waals surface area contributed by atoms with Gasteiger partial charge in [-0.25, -0.2) is 0 Å². The van der Waals surface area contributed by atoms with E-state index in [0.29, 0.717) is 6.61 Å². The summed E-state index contributed by atoms with van der Waals surface area (Å²) in [5.74, 6) is 2.71. The number of hydrogen-bond donors (Lipinski definition) is 1. The van der Waals surface area contributed by atoms with Gasteiger partial charge in [-0.3, -0.25) is 0 Å². The van der Waals surface area contributed by atoms with Crippen LogP contribution in [0, 0.1) is 13.8 Å². The van der Waals surface area contributed by atoms with Gasteiger partial charge in [0.15, 0.2) is 0 Å². The molecule has 0 atom stereocenters. The first-order chi connectivity index (χ1) is 10.1. The zero-order valence-corrected chi connectivity index (χ0v) is 14.4.